The molecule has 1 amide bonds. The molecule has 2 aromatic rings. The number of para-hydroxylation sites is 1. The topological polar surface area (TPSA) is 50.4 Å². The Morgan fingerprint density at radius 3 is 2.57 bits per heavy atom. The number of carbonyl (C=O) groups excluding carboxylic acids is 1. The molecule has 4 heteroatoms. The Morgan fingerprint density at radius 1 is 1.05 bits per heavy atom. The van der Waals surface area contributed by atoms with Gasteiger partial charge in [-0.05, 0) is 29.8 Å². The van der Waals surface area contributed by atoms with Gasteiger partial charge in [-0.1, -0.05) is 30.3 Å². The van der Waals surface area contributed by atoms with Crippen molar-refractivity contribution in [1.82, 2.24) is 10.6 Å². The van der Waals surface area contributed by atoms with E-state index in [-0.39, 0.29) is 5.91 Å². The van der Waals surface area contributed by atoms with Gasteiger partial charge in [0, 0.05) is 26.6 Å². The van der Waals surface area contributed by atoms with Crippen molar-refractivity contribution < 1.29 is 9.53 Å². The van der Waals surface area contributed by atoms with Crippen molar-refractivity contribution in [3.63, 3.8) is 0 Å². The van der Waals surface area contributed by atoms with E-state index < -0.39 is 0 Å². The average molecular weight is 284 g/mol. The minimum atomic E-state index is 0.0451. The van der Waals surface area contributed by atoms with Crippen LogP contribution in [0.1, 0.15) is 12.0 Å². The molecule has 0 spiro atoms. The van der Waals surface area contributed by atoms with Crippen LogP contribution in [0.25, 0.3) is 0 Å². The van der Waals surface area contributed by atoms with Gasteiger partial charge in [0.25, 0.3) is 0 Å². The SMILES string of the molecule is CNC(=O)CCNCc1cccc(Oc2ccccc2)c1. The second-order valence-electron chi connectivity index (χ2n) is 4.66. The quantitative estimate of drug-likeness (QED) is 0.769. The average Bonchev–Trinajstić information content (AvgIpc) is 2.52. The second kappa shape index (κ2) is 8.07. The van der Waals surface area contributed by atoms with E-state index >= 15 is 0 Å². The standard InChI is InChI=1S/C17H20N2O2/c1-18-17(20)10-11-19-13-14-6-5-9-16(12-14)21-15-7-3-2-4-8-15/h2-9,12,19H,10-11,13H2,1H3,(H,18,20). The van der Waals surface area contributed by atoms with Crippen molar-refractivity contribution in [2.45, 2.75) is 13.0 Å². The van der Waals surface area contributed by atoms with Gasteiger partial charge in [0.2, 0.25) is 5.91 Å². The van der Waals surface area contributed by atoms with Crippen LogP contribution in [0, 0.1) is 0 Å². The molecule has 0 aliphatic rings. The highest BCUT2D eigenvalue weighted by Gasteiger charge is 2.00. The molecule has 2 N–H and O–H groups in total. The van der Waals surface area contributed by atoms with E-state index in [4.69, 9.17) is 4.74 Å². The first-order valence-electron chi connectivity index (χ1n) is 7.01. The summed E-state index contributed by atoms with van der Waals surface area (Å²) < 4.78 is 5.79. The third-order valence-corrected chi connectivity index (χ3v) is 3.01. The zero-order chi connectivity index (χ0) is 14.9. The molecule has 0 aliphatic heterocycles. The summed E-state index contributed by atoms with van der Waals surface area (Å²) in [5.74, 6) is 1.68. The maximum absolute atomic E-state index is 11.1. The smallest absolute Gasteiger partial charge is 0.221 e. The number of ether oxygens (including phenoxy) is 1. The molecule has 21 heavy (non-hydrogen) atoms. The lowest BCUT2D eigenvalue weighted by Crippen LogP contribution is -2.24. The predicted molar refractivity (Wildman–Crippen MR) is 83.3 cm³/mol. The minimum Gasteiger partial charge on any atom is -0.457 e. The lowest BCUT2D eigenvalue weighted by atomic mass is 10.2. The van der Waals surface area contributed by atoms with Crippen LogP contribution < -0.4 is 15.4 Å². The zero-order valence-electron chi connectivity index (χ0n) is 12.1. The van der Waals surface area contributed by atoms with E-state index in [2.05, 4.69) is 10.6 Å². The molecule has 0 saturated carbocycles. The molecule has 0 aliphatic carbocycles. The third kappa shape index (κ3) is 5.28. The summed E-state index contributed by atoms with van der Waals surface area (Å²) in [6, 6.07) is 17.6. The van der Waals surface area contributed by atoms with Crippen LogP contribution in [0.3, 0.4) is 0 Å². The number of benzene rings is 2. The summed E-state index contributed by atoms with van der Waals surface area (Å²) in [7, 11) is 1.65. The zero-order valence-corrected chi connectivity index (χ0v) is 12.1. The lowest BCUT2D eigenvalue weighted by Gasteiger charge is -2.08. The summed E-state index contributed by atoms with van der Waals surface area (Å²) in [6.07, 6.45) is 0.483. The molecule has 110 valence electrons. The van der Waals surface area contributed by atoms with Gasteiger partial charge in [-0.15, -0.1) is 0 Å². The van der Waals surface area contributed by atoms with Crippen LogP contribution in [0.4, 0.5) is 0 Å². The van der Waals surface area contributed by atoms with Gasteiger partial charge in [-0.25, -0.2) is 0 Å². The van der Waals surface area contributed by atoms with E-state index in [0.29, 0.717) is 19.5 Å². The third-order valence-electron chi connectivity index (χ3n) is 3.01. The van der Waals surface area contributed by atoms with E-state index in [9.17, 15) is 4.79 Å². The highest BCUT2D eigenvalue weighted by atomic mass is 16.5. The molecule has 0 atom stereocenters. The number of rotatable bonds is 7. The van der Waals surface area contributed by atoms with Gasteiger partial charge in [-0.3, -0.25) is 4.79 Å². The van der Waals surface area contributed by atoms with E-state index in [0.717, 1.165) is 17.1 Å². The van der Waals surface area contributed by atoms with Crippen molar-refractivity contribution in [3.8, 4) is 11.5 Å². The molecular weight excluding hydrogens is 264 g/mol. The normalized spacial score (nSPS) is 10.1. The Hall–Kier alpha value is -2.33. The molecule has 0 bridgehead atoms. The number of nitrogens with one attached hydrogen (secondary N) is 2. The predicted octanol–water partition coefficient (Wildman–Crippen LogP) is 2.70. The highest BCUT2D eigenvalue weighted by Crippen LogP contribution is 2.21. The van der Waals surface area contributed by atoms with Crippen LogP contribution in [0.5, 0.6) is 11.5 Å². The summed E-state index contributed by atoms with van der Waals surface area (Å²) in [6.45, 7) is 1.37. The maximum atomic E-state index is 11.1. The first-order valence-corrected chi connectivity index (χ1v) is 7.01. The van der Waals surface area contributed by atoms with Gasteiger partial charge in [0.1, 0.15) is 11.5 Å². The molecule has 2 aromatic carbocycles. The Kier molecular flexibility index (Phi) is 5.79. The van der Waals surface area contributed by atoms with Crippen molar-refractivity contribution >= 4 is 5.91 Å². The number of hydrogen-bond donors (Lipinski definition) is 2. The molecule has 2 rings (SSSR count). The Morgan fingerprint density at radius 2 is 1.81 bits per heavy atom. The Labute approximate surface area is 125 Å². The highest BCUT2D eigenvalue weighted by molar-refractivity contribution is 5.75. The van der Waals surface area contributed by atoms with Crippen molar-refractivity contribution in [2.75, 3.05) is 13.6 Å². The summed E-state index contributed by atoms with van der Waals surface area (Å²) in [4.78, 5) is 11.1. The lowest BCUT2D eigenvalue weighted by molar-refractivity contribution is -0.120. The molecule has 4 nitrogen and oxygen atoms in total. The fourth-order valence-corrected chi connectivity index (χ4v) is 1.90. The van der Waals surface area contributed by atoms with Gasteiger partial charge in [0.15, 0.2) is 0 Å². The minimum absolute atomic E-state index is 0.0451. The first-order chi connectivity index (χ1) is 10.3. The van der Waals surface area contributed by atoms with Crippen LogP contribution >= 0.6 is 0 Å². The number of amides is 1. The van der Waals surface area contributed by atoms with Crippen LogP contribution in [0.2, 0.25) is 0 Å². The monoisotopic (exact) mass is 284 g/mol. The van der Waals surface area contributed by atoms with E-state index in [1.807, 2.05) is 54.6 Å². The molecule has 0 radical (unpaired) electrons. The Bertz CT molecular complexity index is 570. The molecular formula is C17H20N2O2. The second-order valence-corrected chi connectivity index (χ2v) is 4.66. The van der Waals surface area contributed by atoms with Crippen molar-refractivity contribution in [1.29, 1.82) is 0 Å². The Balaban J connectivity index is 1.85. The number of hydrogen-bond acceptors (Lipinski definition) is 3. The van der Waals surface area contributed by atoms with Gasteiger partial charge in [-0.2, -0.15) is 0 Å². The fraction of sp³-hybridized carbons (Fsp3) is 0.235. The van der Waals surface area contributed by atoms with Gasteiger partial charge < -0.3 is 15.4 Å². The summed E-state index contributed by atoms with van der Waals surface area (Å²) in [5.41, 5.74) is 1.13. The van der Waals surface area contributed by atoms with E-state index in [1.54, 1.807) is 7.05 Å². The van der Waals surface area contributed by atoms with Crippen LogP contribution in [-0.4, -0.2) is 19.5 Å². The fourth-order valence-electron chi connectivity index (χ4n) is 1.90. The molecule has 0 aromatic heterocycles. The van der Waals surface area contributed by atoms with Crippen LogP contribution in [-0.2, 0) is 11.3 Å². The van der Waals surface area contributed by atoms with Crippen LogP contribution in [0.15, 0.2) is 54.6 Å². The van der Waals surface area contributed by atoms with Gasteiger partial charge in [0.05, 0.1) is 0 Å². The maximum Gasteiger partial charge on any atom is 0.221 e. The van der Waals surface area contributed by atoms with Gasteiger partial charge >= 0.3 is 0 Å². The summed E-state index contributed by atoms with van der Waals surface area (Å²) in [5, 5.41) is 5.84. The largest absolute Gasteiger partial charge is 0.457 e. The summed E-state index contributed by atoms with van der Waals surface area (Å²) >= 11 is 0. The van der Waals surface area contributed by atoms with Crippen molar-refractivity contribution in [2.24, 2.45) is 0 Å². The molecule has 0 fully saturated rings. The first kappa shape index (κ1) is 15.1. The molecule has 0 heterocycles. The number of carbonyl (C=O) groups is 1. The molecule has 0 unspecified atom stereocenters. The molecule has 0 saturated heterocycles. The van der Waals surface area contributed by atoms with E-state index in [1.165, 1.54) is 0 Å². The van der Waals surface area contributed by atoms with Crippen molar-refractivity contribution in [3.05, 3.63) is 60.2 Å².